The van der Waals surface area contributed by atoms with Gasteiger partial charge in [-0.1, -0.05) is 6.92 Å². The summed E-state index contributed by atoms with van der Waals surface area (Å²) in [6.07, 6.45) is 2.04. The van der Waals surface area contributed by atoms with E-state index in [4.69, 9.17) is 9.84 Å². The second kappa shape index (κ2) is 5.70. The largest absolute Gasteiger partial charge is 0.480 e. The normalized spacial score (nSPS) is 23.1. The Labute approximate surface area is 88.8 Å². The lowest BCUT2D eigenvalue weighted by Crippen LogP contribution is -2.45. The Morgan fingerprint density at radius 3 is 2.80 bits per heavy atom. The van der Waals surface area contributed by atoms with Crippen LogP contribution < -0.4 is 5.32 Å². The number of carbonyl (C=O) groups excluding carboxylic acids is 1. The minimum Gasteiger partial charge on any atom is -0.480 e. The molecule has 1 amide bonds. The highest BCUT2D eigenvalue weighted by Crippen LogP contribution is 2.13. The molecule has 0 spiro atoms. The highest BCUT2D eigenvalue weighted by Gasteiger charge is 2.25. The molecule has 0 aromatic rings. The van der Waals surface area contributed by atoms with Crippen molar-refractivity contribution in [2.75, 3.05) is 13.2 Å². The average molecular weight is 215 g/mol. The highest BCUT2D eigenvalue weighted by atomic mass is 16.5. The third-order valence-corrected chi connectivity index (χ3v) is 2.55. The van der Waals surface area contributed by atoms with Crippen LogP contribution in [0.1, 0.15) is 26.2 Å². The van der Waals surface area contributed by atoms with E-state index in [1.54, 1.807) is 6.92 Å². The molecule has 0 bridgehead atoms. The van der Waals surface area contributed by atoms with Gasteiger partial charge in [0, 0.05) is 6.61 Å². The number of carboxylic acid groups (broad SMARTS) is 1. The van der Waals surface area contributed by atoms with Crippen LogP contribution in [-0.4, -0.2) is 36.2 Å². The van der Waals surface area contributed by atoms with Gasteiger partial charge in [-0.25, -0.2) is 4.79 Å². The van der Waals surface area contributed by atoms with Gasteiger partial charge in [-0.15, -0.1) is 0 Å². The molecular formula is C10H17NO4. The predicted octanol–water partition coefficient (Wildman–Crippen LogP) is 0.392. The second-order valence-corrected chi connectivity index (χ2v) is 3.72. The van der Waals surface area contributed by atoms with Crippen molar-refractivity contribution in [3.05, 3.63) is 0 Å². The van der Waals surface area contributed by atoms with Gasteiger partial charge in [0.25, 0.3) is 0 Å². The molecule has 1 heterocycles. The van der Waals surface area contributed by atoms with Gasteiger partial charge >= 0.3 is 5.97 Å². The molecule has 86 valence electrons. The molecule has 0 aliphatic carbocycles. The van der Waals surface area contributed by atoms with Crippen molar-refractivity contribution in [3.63, 3.8) is 0 Å². The van der Waals surface area contributed by atoms with Crippen LogP contribution in [0.15, 0.2) is 0 Å². The lowest BCUT2D eigenvalue weighted by Gasteiger charge is -2.23. The first kappa shape index (κ1) is 12.0. The monoisotopic (exact) mass is 215 g/mol. The molecule has 15 heavy (non-hydrogen) atoms. The van der Waals surface area contributed by atoms with Gasteiger partial charge in [-0.05, 0) is 19.3 Å². The Morgan fingerprint density at radius 2 is 2.33 bits per heavy atom. The fourth-order valence-electron chi connectivity index (χ4n) is 1.58. The zero-order valence-corrected chi connectivity index (χ0v) is 8.86. The first-order chi connectivity index (χ1) is 7.15. The number of ether oxygens (including phenoxy) is 1. The van der Waals surface area contributed by atoms with Crippen molar-refractivity contribution < 1.29 is 19.4 Å². The number of amides is 1. The third-order valence-electron chi connectivity index (χ3n) is 2.55. The van der Waals surface area contributed by atoms with E-state index in [0.29, 0.717) is 19.6 Å². The summed E-state index contributed by atoms with van der Waals surface area (Å²) >= 11 is 0. The molecule has 0 aromatic heterocycles. The molecule has 0 saturated carbocycles. The van der Waals surface area contributed by atoms with E-state index in [1.165, 1.54) is 0 Å². The maximum Gasteiger partial charge on any atom is 0.326 e. The molecule has 0 radical (unpaired) electrons. The SMILES string of the molecule is CC[C@@H](NC(=O)C1CCCOC1)C(=O)O. The summed E-state index contributed by atoms with van der Waals surface area (Å²) in [5.74, 6) is -1.38. The number of aliphatic carboxylic acids is 1. The standard InChI is InChI=1S/C10H17NO4/c1-2-8(10(13)14)11-9(12)7-4-3-5-15-6-7/h7-8H,2-6H2,1H3,(H,11,12)(H,13,14)/t7?,8-/m1/s1. The minimum absolute atomic E-state index is 0.188. The molecule has 1 aliphatic heterocycles. The lowest BCUT2D eigenvalue weighted by molar-refractivity contribution is -0.143. The summed E-state index contributed by atoms with van der Waals surface area (Å²) in [4.78, 5) is 22.3. The van der Waals surface area contributed by atoms with Crippen LogP contribution in [0, 0.1) is 5.92 Å². The quantitative estimate of drug-likeness (QED) is 0.711. The van der Waals surface area contributed by atoms with Gasteiger partial charge in [-0.3, -0.25) is 4.79 Å². The topological polar surface area (TPSA) is 75.6 Å². The molecule has 5 nitrogen and oxygen atoms in total. The second-order valence-electron chi connectivity index (χ2n) is 3.72. The van der Waals surface area contributed by atoms with Crippen molar-refractivity contribution in [1.29, 1.82) is 0 Å². The summed E-state index contributed by atoms with van der Waals surface area (Å²) in [5.41, 5.74) is 0. The highest BCUT2D eigenvalue weighted by molar-refractivity contribution is 5.85. The first-order valence-corrected chi connectivity index (χ1v) is 5.26. The van der Waals surface area contributed by atoms with Crippen molar-refractivity contribution in [3.8, 4) is 0 Å². The number of hydrogen-bond acceptors (Lipinski definition) is 3. The molecule has 1 rings (SSSR count). The third kappa shape index (κ3) is 3.51. The molecule has 5 heteroatoms. The Balaban J connectivity index is 2.42. The summed E-state index contributed by atoms with van der Waals surface area (Å²) in [6.45, 7) is 2.83. The maximum absolute atomic E-state index is 11.6. The zero-order valence-electron chi connectivity index (χ0n) is 8.86. The Bertz CT molecular complexity index is 236. The van der Waals surface area contributed by atoms with Crippen LogP contribution in [0.25, 0.3) is 0 Å². The number of carboxylic acids is 1. The predicted molar refractivity (Wildman–Crippen MR) is 53.4 cm³/mol. The van der Waals surface area contributed by atoms with E-state index in [0.717, 1.165) is 12.8 Å². The summed E-state index contributed by atoms with van der Waals surface area (Å²) in [6, 6.07) is -0.778. The number of rotatable bonds is 4. The molecule has 1 unspecified atom stereocenters. The van der Waals surface area contributed by atoms with Crippen molar-refractivity contribution >= 4 is 11.9 Å². The molecule has 1 fully saturated rings. The van der Waals surface area contributed by atoms with E-state index in [2.05, 4.69) is 5.32 Å². The number of carbonyl (C=O) groups is 2. The Morgan fingerprint density at radius 1 is 1.60 bits per heavy atom. The Hall–Kier alpha value is -1.10. The van der Waals surface area contributed by atoms with E-state index in [9.17, 15) is 9.59 Å². The van der Waals surface area contributed by atoms with E-state index in [-0.39, 0.29) is 11.8 Å². The maximum atomic E-state index is 11.6. The van der Waals surface area contributed by atoms with E-state index < -0.39 is 12.0 Å². The van der Waals surface area contributed by atoms with Gasteiger partial charge in [0.2, 0.25) is 5.91 Å². The van der Waals surface area contributed by atoms with E-state index in [1.807, 2.05) is 0 Å². The lowest BCUT2D eigenvalue weighted by atomic mass is 10.0. The van der Waals surface area contributed by atoms with Gasteiger partial charge in [0.1, 0.15) is 6.04 Å². The molecular weight excluding hydrogens is 198 g/mol. The molecule has 0 aromatic carbocycles. The zero-order chi connectivity index (χ0) is 11.3. The number of nitrogens with one attached hydrogen (secondary N) is 1. The first-order valence-electron chi connectivity index (χ1n) is 5.26. The van der Waals surface area contributed by atoms with Crippen molar-refractivity contribution in [1.82, 2.24) is 5.32 Å². The van der Waals surface area contributed by atoms with Crippen molar-refractivity contribution in [2.45, 2.75) is 32.2 Å². The van der Waals surface area contributed by atoms with Crippen LogP contribution in [0.4, 0.5) is 0 Å². The van der Waals surface area contributed by atoms with E-state index >= 15 is 0 Å². The van der Waals surface area contributed by atoms with Crippen LogP contribution in [0.2, 0.25) is 0 Å². The van der Waals surface area contributed by atoms with Crippen LogP contribution >= 0.6 is 0 Å². The Kier molecular flexibility index (Phi) is 4.55. The summed E-state index contributed by atoms with van der Waals surface area (Å²) < 4.78 is 5.17. The van der Waals surface area contributed by atoms with Crippen LogP contribution in [0.3, 0.4) is 0 Å². The fraction of sp³-hybridized carbons (Fsp3) is 0.800. The summed E-state index contributed by atoms with van der Waals surface area (Å²) in [7, 11) is 0. The van der Waals surface area contributed by atoms with Gasteiger partial charge in [0.15, 0.2) is 0 Å². The van der Waals surface area contributed by atoms with Gasteiger partial charge < -0.3 is 15.2 Å². The van der Waals surface area contributed by atoms with Crippen LogP contribution in [0.5, 0.6) is 0 Å². The molecule has 2 N–H and O–H groups in total. The molecule has 1 saturated heterocycles. The molecule has 1 aliphatic rings. The van der Waals surface area contributed by atoms with Gasteiger partial charge in [-0.2, -0.15) is 0 Å². The fourth-order valence-corrected chi connectivity index (χ4v) is 1.58. The average Bonchev–Trinajstić information content (AvgIpc) is 2.26. The smallest absolute Gasteiger partial charge is 0.326 e. The number of hydrogen-bond donors (Lipinski definition) is 2. The molecule has 2 atom stereocenters. The van der Waals surface area contributed by atoms with Crippen molar-refractivity contribution in [2.24, 2.45) is 5.92 Å². The summed E-state index contributed by atoms with van der Waals surface area (Å²) in [5, 5.41) is 11.3. The van der Waals surface area contributed by atoms with Crippen LogP contribution in [-0.2, 0) is 14.3 Å². The van der Waals surface area contributed by atoms with Gasteiger partial charge in [0.05, 0.1) is 12.5 Å². The minimum atomic E-state index is -0.984.